The number of hydrogen-bond donors (Lipinski definition) is 1. The predicted molar refractivity (Wildman–Crippen MR) is 39.5 cm³/mol. The normalized spacial score (nSPS) is 7.78. The Morgan fingerprint density at radius 3 is 2.56 bits per heavy atom. The van der Waals surface area contributed by atoms with Crippen LogP contribution in [-0.2, 0) is 8.98 Å². The van der Waals surface area contributed by atoms with Gasteiger partial charge in [0.05, 0.1) is 12.0 Å². The first-order valence-electron chi connectivity index (χ1n) is 2.54. The first-order chi connectivity index (χ1) is 3.81. The lowest BCUT2D eigenvalue weighted by Crippen LogP contribution is -1.95. The van der Waals surface area contributed by atoms with Crippen molar-refractivity contribution in [1.82, 2.24) is 6.15 Å². The zero-order valence-corrected chi connectivity index (χ0v) is 6.66. The van der Waals surface area contributed by atoms with Crippen LogP contribution in [0.5, 0.6) is 0 Å². The maximum atomic E-state index is 10.4. The molecule has 0 bridgehead atoms. The highest BCUT2D eigenvalue weighted by Gasteiger charge is 1.96. The molecule has 0 fully saturated rings. The quantitative estimate of drug-likeness (QED) is 0.624. The van der Waals surface area contributed by atoms with Crippen LogP contribution < -0.4 is 6.15 Å². The highest BCUT2D eigenvalue weighted by Crippen LogP contribution is 1.99. The summed E-state index contributed by atoms with van der Waals surface area (Å²) < 4.78 is 4.56. The minimum absolute atomic E-state index is 0. The van der Waals surface area contributed by atoms with Gasteiger partial charge in [0.15, 0.2) is 0 Å². The monoisotopic (exact) mass is 151 g/mol. The van der Waals surface area contributed by atoms with Crippen molar-refractivity contribution < 1.29 is 8.98 Å². The highest BCUT2D eigenvalue weighted by atomic mass is 32.2. The van der Waals surface area contributed by atoms with Gasteiger partial charge in [-0.05, 0) is 6.42 Å². The zero-order valence-electron chi connectivity index (χ0n) is 5.85. The van der Waals surface area contributed by atoms with Crippen molar-refractivity contribution in [2.24, 2.45) is 0 Å². The summed E-state index contributed by atoms with van der Waals surface area (Å²) in [5, 5.41) is 0. The topological polar surface area (TPSA) is 61.3 Å². The van der Waals surface area contributed by atoms with E-state index in [-0.39, 0.29) is 12.1 Å². The van der Waals surface area contributed by atoms with Crippen LogP contribution in [-0.4, -0.2) is 12.2 Å². The molecule has 0 aliphatic heterocycles. The molecule has 56 valence electrons. The van der Waals surface area contributed by atoms with Crippen LogP contribution in [0.4, 0.5) is 0 Å². The molecule has 4 heteroatoms. The first kappa shape index (κ1) is 11.6. The van der Waals surface area contributed by atoms with Crippen LogP contribution in [0.2, 0.25) is 0 Å². The van der Waals surface area contributed by atoms with Crippen molar-refractivity contribution in [1.29, 1.82) is 0 Å². The minimum Gasteiger partial charge on any atom is -0.392 e. The van der Waals surface area contributed by atoms with Gasteiger partial charge in [-0.2, -0.15) is 0 Å². The molecule has 0 aromatic carbocycles. The van der Waals surface area contributed by atoms with Gasteiger partial charge >= 0.3 is 5.97 Å². The van der Waals surface area contributed by atoms with Crippen molar-refractivity contribution in [2.45, 2.75) is 19.8 Å². The van der Waals surface area contributed by atoms with Gasteiger partial charge in [-0.1, -0.05) is 6.92 Å². The number of carbonyl (C=O) groups is 1. The van der Waals surface area contributed by atoms with Gasteiger partial charge < -0.3 is 10.3 Å². The molecule has 0 aliphatic carbocycles. The number of carbonyl (C=O) groups excluding carboxylic acids is 1. The summed E-state index contributed by atoms with van der Waals surface area (Å²) in [4.78, 5) is 10.4. The molecule has 9 heavy (non-hydrogen) atoms. The fraction of sp³-hybridized carbons (Fsp3) is 0.800. The Bertz CT molecular complexity index is 69.4. The summed E-state index contributed by atoms with van der Waals surface area (Å²) in [6.45, 7) is 1.95. The molecule has 3 nitrogen and oxygen atoms in total. The molecule has 0 heterocycles. The Hall–Kier alpha value is -0.220. The van der Waals surface area contributed by atoms with E-state index < -0.39 is 0 Å². The van der Waals surface area contributed by atoms with Gasteiger partial charge in [-0.25, -0.2) is 0 Å². The Morgan fingerprint density at radius 1 is 1.67 bits per heavy atom. The second kappa shape index (κ2) is 7.78. The molecular formula is C5H13NO2S. The Balaban J connectivity index is 0. The molecule has 0 aromatic rings. The maximum Gasteiger partial charge on any atom is 0.317 e. The second-order valence-corrected chi connectivity index (χ2v) is 1.87. The molecule has 0 saturated carbocycles. The van der Waals surface area contributed by atoms with E-state index in [4.69, 9.17) is 0 Å². The molecule has 0 radical (unpaired) electrons. The second-order valence-electron chi connectivity index (χ2n) is 1.37. The summed E-state index contributed by atoms with van der Waals surface area (Å²) in [6.07, 6.45) is 3.12. The van der Waals surface area contributed by atoms with Crippen LogP contribution in [0.1, 0.15) is 19.8 Å². The Morgan fingerprint density at radius 2 is 2.22 bits per heavy atom. The first-order valence-corrected chi connectivity index (χ1v) is 3.69. The summed E-state index contributed by atoms with van der Waals surface area (Å²) in [7, 11) is 0. The van der Waals surface area contributed by atoms with Crippen LogP contribution >= 0.6 is 12.0 Å². The third-order valence-corrected chi connectivity index (χ3v) is 0.983. The molecule has 0 spiro atoms. The van der Waals surface area contributed by atoms with Crippen molar-refractivity contribution in [3.05, 3.63) is 0 Å². The molecule has 0 aliphatic rings. The smallest absolute Gasteiger partial charge is 0.317 e. The predicted octanol–water partition coefficient (Wildman–Crippen LogP) is 1.77. The molecule has 0 atom stereocenters. The summed E-state index contributed by atoms with van der Waals surface area (Å²) >= 11 is 1.10. The average Bonchev–Trinajstić information content (AvgIpc) is 1.68. The summed E-state index contributed by atoms with van der Waals surface area (Å²) in [5.41, 5.74) is 0. The lowest BCUT2D eigenvalue weighted by molar-refractivity contribution is -0.133. The van der Waals surface area contributed by atoms with E-state index in [1.165, 1.54) is 0 Å². The molecule has 0 amide bonds. The van der Waals surface area contributed by atoms with Gasteiger partial charge in [0.25, 0.3) is 0 Å². The van der Waals surface area contributed by atoms with Crippen LogP contribution in [0.3, 0.4) is 0 Å². The molecule has 0 aromatic heterocycles. The van der Waals surface area contributed by atoms with Gasteiger partial charge in [-0.3, -0.25) is 4.79 Å². The largest absolute Gasteiger partial charge is 0.392 e. The van der Waals surface area contributed by atoms with E-state index in [1.54, 1.807) is 6.26 Å². The number of rotatable bonds is 3. The molecule has 0 unspecified atom stereocenters. The lowest BCUT2D eigenvalue weighted by Gasteiger charge is -1.93. The molecular weight excluding hydrogens is 138 g/mol. The van der Waals surface area contributed by atoms with Crippen LogP contribution in [0.25, 0.3) is 0 Å². The van der Waals surface area contributed by atoms with Crippen molar-refractivity contribution in [3.63, 3.8) is 0 Å². The summed E-state index contributed by atoms with van der Waals surface area (Å²) in [6, 6.07) is 0. The summed E-state index contributed by atoms with van der Waals surface area (Å²) in [5.74, 6) is -0.125. The molecule has 0 rings (SSSR count). The lowest BCUT2D eigenvalue weighted by atomic mass is 10.4. The van der Waals surface area contributed by atoms with Gasteiger partial charge in [0.1, 0.15) is 0 Å². The van der Waals surface area contributed by atoms with E-state index in [0.29, 0.717) is 6.42 Å². The zero-order chi connectivity index (χ0) is 6.41. The minimum atomic E-state index is -0.125. The van der Waals surface area contributed by atoms with Crippen molar-refractivity contribution in [3.8, 4) is 0 Å². The highest BCUT2D eigenvalue weighted by molar-refractivity contribution is 7.94. The SMILES string of the molecule is CCCC(=O)OSC.N. The third kappa shape index (κ3) is 7.78. The van der Waals surface area contributed by atoms with Crippen molar-refractivity contribution >= 4 is 18.0 Å². The standard InChI is InChI=1S/C5H10O2S.H3N/c1-3-4-5(6)7-8-2;/h3-4H2,1-2H3;1H3. The van der Waals surface area contributed by atoms with Gasteiger partial charge in [0.2, 0.25) is 0 Å². The van der Waals surface area contributed by atoms with Crippen LogP contribution in [0, 0.1) is 0 Å². The number of hydrogen-bond acceptors (Lipinski definition) is 4. The molecule has 0 saturated heterocycles. The third-order valence-electron chi connectivity index (χ3n) is 0.630. The van der Waals surface area contributed by atoms with E-state index >= 15 is 0 Å². The van der Waals surface area contributed by atoms with Crippen molar-refractivity contribution in [2.75, 3.05) is 6.26 Å². The van der Waals surface area contributed by atoms with E-state index in [0.717, 1.165) is 18.5 Å². The van der Waals surface area contributed by atoms with Crippen LogP contribution in [0.15, 0.2) is 0 Å². The fourth-order valence-corrected chi connectivity index (χ4v) is 0.608. The van der Waals surface area contributed by atoms with Gasteiger partial charge in [-0.15, -0.1) is 0 Å². The Labute approximate surface area is 59.9 Å². The Kier molecular flexibility index (Phi) is 9.99. The fourth-order valence-electron chi connectivity index (χ4n) is 0.339. The van der Waals surface area contributed by atoms with E-state index in [1.807, 2.05) is 6.92 Å². The van der Waals surface area contributed by atoms with E-state index in [2.05, 4.69) is 4.18 Å². The van der Waals surface area contributed by atoms with E-state index in [9.17, 15) is 4.79 Å². The maximum absolute atomic E-state index is 10.4. The van der Waals surface area contributed by atoms with Gasteiger partial charge in [0, 0.05) is 12.7 Å². The average molecular weight is 151 g/mol. The molecule has 3 N–H and O–H groups in total.